The van der Waals surface area contributed by atoms with Crippen molar-refractivity contribution >= 4 is 49.4 Å². The molecule has 1 aromatic carbocycles. The average molecular weight is 378 g/mol. The van der Waals surface area contributed by atoms with Crippen LogP contribution in [-0.2, 0) is 15.0 Å². The summed E-state index contributed by atoms with van der Waals surface area (Å²) >= 11 is 6.74. The molecular formula is C12H14Br2N2O2. The SMILES string of the molecule is CC(C)(C)c1cc(Br)c(NC(=O)C(N)=O)c(Br)c1. The minimum Gasteiger partial charge on any atom is -0.361 e. The van der Waals surface area contributed by atoms with Gasteiger partial charge in [0.05, 0.1) is 5.69 Å². The predicted molar refractivity (Wildman–Crippen MR) is 78.4 cm³/mol. The van der Waals surface area contributed by atoms with Crippen LogP contribution in [-0.4, -0.2) is 11.8 Å². The van der Waals surface area contributed by atoms with Gasteiger partial charge in [0.25, 0.3) is 0 Å². The Morgan fingerprint density at radius 2 is 1.61 bits per heavy atom. The van der Waals surface area contributed by atoms with E-state index in [1.807, 2.05) is 12.1 Å². The third kappa shape index (κ3) is 3.55. The Hall–Kier alpha value is -0.880. The lowest BCUT2D eigenvalue weighted by atomic mass is 9.87. The van der Waals surface area contributed by atoms with E-state index in [9.17, 15) is 9.59 Å². The van der Waals surface area contributed by atoms with E-state index in [0.29, 0.717) is 14.6 Å². The second kappa shape index (κ2) is 5.40. The van der Waals surface area contributed by atoms with Gasteiger partial charge in [-0.2, -0.15) is 0 Å². The molecule has 0 aromatic heterocycles. The lowest BCUT2D eigenvalue weighted by molar-refractivity contribution is -0.134. The Bertz CT molecular complexity index is 484. The molecule has 0 atom stereocenters. The van der Waals surface area contributed by atoms with Gasteiger partial charge in [-0.1, -0.05) is 20.8 Å². The molecule has 2 amide bonds. The van der Waals surface area contributed by atoms with Crippen molar-refractivity contribution < 1.29 is 9.59 Å². The summed E-state index contributed by atoms with van der Waals surface area (Å²) in [5.74, 6) is -1.87. The van der Waals surface area contributed by atoms with Crippen LogP contribution in [0.1, 0.15) is 26.3 Å². The van der Waals surface area contributed by atoms with Gasteiger partial charge in [-0.05, 0) is 55.0 Å². The molecule has 0 bridgehead atoms. The number of anilines is 1. The van der Waals surface area contributed by atoms with Gasteiger partial charge in [0.15, 0.2) is 0 Å². The van der Waals surface area contributed by atoms with E-state index in [-0.39, 0.29) is 5.41 Å². The fourth-order valence-electron chi connectivity index (χ4n) is 1.30. The summed E-state index contributed by atoms with van der Waals surface area (Å²) in [6, 6.07) is 3.81. The number of benzene rings is 1. The van der Waals surface area contributed by atoms with Gasteiger partial charge in [-0.25, -0.2) is 0 Å². The fourth-order valence-corrected chi connectivity index (χ4v) is 2.69. The standard InChI is InChI=1S/C12H14Br2N2O2/c1-12(2,3)6-4-7(13)9(8(14)5-6)16-11(18)10(15)17/h4-5H,1-3H3,(H2,15,17)(H,16,18). The van der Waals surface area contributed by atoms with Crippen LogP contribution < -0.4 is 11.1 Å². The molecule has 0 heterocycles. The van der Waals surface area contributed by atoms with Crippen molar-refractivity contribution in [1.29, 1.82) is 0 Å². The highest BCUT2D eigenvalue weighted by molar-refractivity contribution is 9.11. The first-order valence-corrected chi connectivity index (χ1v) is 6.82. The van der Waals surface area contributed by atoms with E-state index in [0.717, 1.165) is 5.56 Å². The molecule has 0 saturated carbocycles. The molecule has 0 saturated heterocycles. The highest BCUT2D eigenvalue weighted by Gasteiger charge is 2.19. The predicted octanol–water partition coefficient (Wildman–Crippen LogP) is 2.93. The number of halogens is 2. The molecule has 3 N–H and O–H groups in total. The molecule has 1 aromatic rings. The van der Waals surface area contributed by atoms with Gasteiger partial charge in [-0.3, -0.25) is 9.59 Å². The monoisotopic (exact) mass is 376 g/mol. The molecule has 4 nitrogen and oxygen atoms in total. The number of nitrogens with two attached hydrogens (primary N) is 1. The van der Waals surface area contributed by atoms with Crippen LogP contribution in [0.2, 0.25) is 0 Å². The van der Waals surface area contributed by atoms with Crippen molar-refractivity contribution in [3.63, 3.8) is 0 Å². The summed E-state index contributed by atoms with van der Waals surface area (Å²) in [6.45, 7) is 6.26. The van der Waals surface area contributed by atoms with Gasteiger partial charge >= 0.3 is 11.8 Å². The first-order valence-electron chi connectivity index (χ1n) is 5.23. The van der Waals surface area contributed by atoms with E-state index in [1.54, 1.807) is 0 Å². The zero-order valence-electron chi connectivity index (χ0n) is 10.3. The van der Waals surface area contributed by atoms with Crippen LogP contribution in [0.4, 0.5) is 5.69 Å². The highest BCUT2D eigenvalue weighted by Crippen LogP contribution is 2.36. The third-order valence-electron chi connectivity index (χ3n) is 2.37. The minimum absolute atomic E-state index is 0.0166. The first-order chi connectivity index (χ1) is 8.12. The van der Waals surface area contributed by atoms with Crippen molar-refractivity contribution in [1.82, 2.24) is 0 Å². The molecule has 6 heteroatoms. The lowest BCUT2D eigenvalue weighted by Crippen LogP contribution is -2.29. The normalized spacial score (nSPS) is 11.2. The van der Waals surface area contributed by atoms with Crippen molar-refractivity contribution in [3.8, 4) is 0 Å². The second-order valence-corrected chi connectivity index (χ2v) is 6.59. The fraction of sp³-hybridized carbons (Fsp3) is 0.333. The number of nitrogens with one attached hydrogen (secondary N) is 1. The number of carbonyl (C=O) groups excluding carboxylic acids is 2. The largest absolute Gasteiger partial charge is 0.361 e. The summed E-state index contributed by atoms with van der Waals surface area (Å²) < 4.78 is 1.38. The molecule has 0 fully saturated rings. The molecule has 0 radical (unpaired) electrons. The maximum absolute atomic E-state index is 11.3. The number of carbonyl (C=O) groups is 2. The van der Waals surface area contributed by atoms with Crippen LogP contribution in [0.25, 0.3) is 0 Å². The average Bonchev–Trinajstić information content (AvgIpc) is 2.21. The Labute approximate surface area is 123 Å². The quantitative estimate of drug-likeness (QED) is 0.738. The Balaban J connectivity index is 3.17. The Morgan fingerprint density at radius 1 is 1.17 bits per heavy atom. The molecule has 18 heavy (non-hydrogen) atoms. The molecule has 98 valence electrons. The molecule has 0 spiro atoms. The molecule has 0 aliphatic carbocycles. The Kier molecular flexibility index (Phi) is 4.55. The van der Waals surface area contributed by atoms with Crippen LogP contribution in [0.5, 0.6) is 0 Å². The molecule has 0 aliphatic heterocycles. The second-order valence-electron chi connectivity index (χ2n) is 4.88. The zero-order valence-corrected chi connectivity index (χ0v) is 13.5. The number of hydrogen-bond acceptors (Lipinski definition) is 2. The van der Waals surface area contributed by atoms with E-state index < -0.39 is 11.8 Å². The topological polar surface area (TPSA) is 72.2 Å². The van der Waals surface area contributed by atoms with E-state index in [1.165, 1.54) is 0 Å². The van der Waals surface area contributed by atoms with Gasteiger partial charge < -0.3 is 11.1 Å². The summed E-state index contributed by atoms with van der Waals surface area (Å²) in [5, 5.41) is 2.45. The van der Waals surface area contributed by atoms with Gasteiger partial charge in [0.1, 0.15) is 0 Å². The van der Waals surface area contributed by atoms with Crippen molar-refractivity contribution in [2.75, 3.05) is 5.32 Å². The van der Waals surface area contributed by atoms with Crippen LogP contribution in [0, 0.1) is 0 Å². The summed E-state index contributed by atoms with van der Waals surface area (Å²) in [4.78, 5) is 22.0. The van der Waals surface area contributed by atoms with Crippen molar-refractivity contribution in [2.45, 2.75) is 26.2 Å². The van der Waals surface area contributed by atoms with E-state index in [4.69, 9.17) is 5.73 Å². The lowest BCUT2D eigenvalue weighted by Gasteiger charge is -2.21. The minimum atomic E-state index is -1.02. The van der Waals surface area contributed by atoms with E-state index >= 15 is 0 Å². The summed E-state index contributed by atoms with van der Waals surface area (Å²) in [7, 11) is 0. The highest BCUT2D eigenvalue weighted by atomic mass is 79.9. The molecular weight excluding hydrogens is 364 g/mol. The number of primary amides is 1. The van der Waals surface area contributed by atoms with Crippen LogP contribution in [0.3, 0.4) is 0 Å². The maximum atomic E-state index is 11.3. The van der Waals surface area contributed by atoms with Crippen molar-refractivity contribution in [3.05, 3.63) is 26.6 Å². The summed E-state index contributed by atoms with van der Waals surface area (Å²) in [6.07, 6.45) is 0. The number of amides is 2. The van der Waals surface area contributed by atoms with Gasteiger partial charge in [-0.15, -0.1) is 0 Å². The Morgan fingerprint density at radius 3 is 1.94 bits per heavy atom. The maximum Gasteiger partial charge on any atom is 0.313 e. The molecule has 0 unspecified atom stereocenters. The first kappa shape index (κ1) is 15.2. The zero-order chi connectivity index (χ0) is 14.1. The smallest absolute Gasteiger partial charge is 0.313 e. The third-order valence-corrected chi connectivity index (χ3v) is 3.62. The van der Waals surface area contributed by atoms with E-state index in [2.05, 4.69) is 57.9 Å². The van der Waals surface area contributed by atoms with Gasteiger partial charge in [0, 0.05) is 8.95 Å². The van der Waals surface area contributed by atoms with Gasteiger partial charge in [0.2, 0.25) is 0 Å². The number of hydrogen-bond donors (Lipinski definition) is 2. The van der Waals surface area contributed by atoms with Crippen LogP contribution >= 0.6 is 31.9 Å². The van der Waals surface area contributed by atoms with Crippen molar-refractivity contribution in [2.24, 2.45) is 5.73 Å². The summed E-state index contributed by atoms with van der Waals surface area (Å²) in [5.41, 5.74) is 6.47. The molecule has 0 aliphatic rings. The number of rotatable bonds is 1. The van der Waals surface area contributed by atoms with Crippen LogP contribution in [0.15, 0.2) is 21.1 Å². The molecule has 1 rings (SSSR count).